The van der Waals surface area contributed by atoms with E-state index in [9.17, 15) is 22.4 Å². The van der Waals surface area contributed by atoms with Crippen molar-refractivity contribution in [1.82, 2.24) is 0 Å². The molecule has 0 aliphatic carbocycles. The SMILES string of the molecule is COc1ccccc1C(=O)OCCCCC(F)CC(F)(F)F. The van der Waals surface area contributed by atoms with Crippen LogP contribution in [0, 0.1) is 0 Å². The van der Waals surface area contributed by atoms with E-state index in [0.717, 1.165) is 0 Å². The summed E-state index contributed by atoms with van der Waals surface area (Å²) in [6.45, 7) is 0.0234. The summed E-state index contributed by atoms with van der Waals surface area (Å²) in [6, 6.07) is 6.52. The molecule has 0 saturated carbocycles. The maximum atomic E-state index is 13.0. The van der Waals surface area contributed by atoms with Crippen LogP contribution in [0.4, 0.5) is 17.6 Å². The molecule has 0 fully saturated rings. The number of carbonyl (C=O) groups is 1. The number of esters is 1. The number of halogens is 4. The summed E-state index contributed by atoms with van der Waals surface area (Å²) in [5.74, 6) is -0.203. The smallest absolute Gasteiger partial charge is 0.391 e. The summed E-state index contributed by atoms with van der Waals surface area (Å²) in [5, 5.41) is 0. The molecule has 1 unspecified atom stereocenters. The molecule has 124 valence electrons. The van der Waals surface area contributed by atoms with Crippen LogP contribution in [-0.4, -0.2) is 32.0 Å². The van der Waals surface area contributed by atoms with Crippen molar-refractivity contribution in [1.29, 1.82) is 0 Å². The molecule has 1 aromatic rings. The standard InChI is InChI=1S/C15H18F4O3/c1-21-13-8-3-2-7-12(13)14(20)22-9-5-4-6-11(16)10-15(17,18)19/h2-3,7-8,11H,4-6,9-10H2,1H3. The second-order valence-electron chi connectivity index (χ2n) is 4.75. The number of hydrogen-bond acceptors (Lipinski definition) is 3. The maximum Gasteiger partial charge on any atom is 0.391 e. The number of rotatable bonds is 8. The number of para-hydroxylation sites is 1. The van der Waals surface area contributed by atoms with Gasteiger partial charge in [-0.05, 0) is 31.4 Å². The van der Waals surface area contributed by atoms with Crippen molar-refractivity contribution in [2.24, 2.45) is 0 Å². The van der Waals surface area contributed by atoms with Crippen LogP contribution in [0.2, 0.25) is 0 Å². The Balaban J connectivity index is 2.26. The van der Waals surface area contributed by atoms with Crippen LogP contribution >= 0.6 is 0 Å². The monoisotopic (exact) mass is 322 g/mol. The van der Waals surface area contributed by atoms with Gasteiger partial charge in [0.25, 0.3) is 0 Å². The minimum atomic E-state index is -4.49. The third kappa shape index (κ3) is 6.78. The highest BCUT2D eigenvalue weighted by Gasteiger charge is 2.31. The summed E-state index contributed by atoms with van der Waals surface area (Å²) in [6.07, 6.45) is -7.52. The van der Waals surface area contributed by atoms with Crippen LogP contribution in [0.15, 0.2) is 24.3 Å². The molecule has 22 heavy (non-hydrogen) atoms. The van der Waals surface area contributed by atoms with Crippen molar-refractivity contribution in [2.45, 2.75) is 38.0 Å². The molecule has 0 aromatic heterocycles. The predicted octanol–water partition coefficient (Wildman–Crippen LogP) is 4.31. The lowest BCUT2D eigenvalue weighted by Gasteiger charge is -2.11. The third-order valence-electron chi connectivity index (χ3n) is 2.92. The van der Waals surface area contributed by atoms with E-state index in [-0.39, 0.29) is 25.0 Å². The first-order valence-corrected chi connectivity index (χ1v) is 6.84. The van der Waals surface area contributed by atoms with Gasteiger partial charge in [-0.2, -0.15) is 13.2 Å². The van der Waals surface area contributed by atoms with Gasteiger partial charge in [0.15, 0.2) is 0 Å². The van der Waals surface area contributed by atoms with E-state index in [0.29, 0.717) is 12.2 Å². The molecule has 1 atom stereocenters. The highest BCUT2D eigenvalue weighted by atomic mass is 19.4. The number of unbranched alkanes of at least 4 members (excludes halogenated alkanes) is 1. The van der Waals surface area contributed by atoms with Crippen LogP contribution in [-0.2, 0) is 4.74 Å². The predicted molar refractivity (Wildman–Crippen MR) is 72.7 cm³/mol. The molecule has 3 nitrogen and oxygen atoms in total. The average molecular weight is 322 g/mol. The van der Waals surface area contributed by atoms with Crippen molar-refractivity contribution in [3.8, 4) is 5.75 Å². The molecule has 0 radical (unpaired) electrons. The molecule has 0 N–H and O–H groups in total. The fourth-order valence-electron chi connectivity index (χ4n) is 1.88. The van der Waals surface area contributed by atoms with Crippen LogP contribution in [0.1, 0.15) is 36.0 Å². The van der Waals surface area contributed by atoms with Gasteiger partial charge < -0.3 is 9.47 Å². The summed E-state index contributed by atoms with van der Waals surface area (Å²) in [4.78, 5) is 11.8. The second kappa shape index (κ2) is 8.60. The minimum absolute atomic E-state index is 0.0234. The average Bonchev–Trinajstić information content (AvgIpc) is 2.44. The summed E-state index contributed by atoms with van der Waals surface area (Å²) < 4.78 is 58.8. The van der Waals surface area contributed by atoms with Crippen LogP contribution in [0.3, 0.4) is 0 Å². The summed E-state index contributed by atoms with van der Waals surface area (Å²) in [5.41, 5.74) is 0.269. The lowest BCUT2D eigenvalue weighted by atomic mass is 10.1. The van der Waals surface area contributed by atoms with Crippen molar-refractivity contribution in [3.63, 3.8) is 0 Å². The number of methoxy groups -OCH3 is 1. The molecule has 1 rings (SSSR count). The highest BCUT2D eigenvalue weighted by Crippen LogP contribution is 2.25. The van der Waals surface area contributed by atoms with Crippen molar-refractivity contribution >= 4 is 5.97 Å². The second-order valence-corrected chi connectivity index (χ2v) is 4.75. The first kappa shape index (κ1) is 18.3. The van der Waals surface area contributed by atoms with Gasteiger partial charge in [0, 0.05) is 0 Å². The van der Waals surface area contributed by atoms with Crippen molar-refractivity contribution in [3.05, 3.63) is 29.8 Å². The number of hydrogen-bond donors (Lipinski definition) is 0. The van der Waals surface area contributed by atoms with Crippen LogP contribution in [0.25, 0.3) is 0 Å². The quantitative estimate of drug-likeness (QED) is 0.406. The Morgan fingerprint density at radius 1 is 1.23 bits per heavy atom. The Bertz CT molecular complexity index is 474. The Kier molecular flexibility index (Phi) is 7.14. The van der Waals surface area contributed by atoms with E-state index >= 15 is 0 Å². The van der Waals surface area contributed by atoms with E-state index in [1.165, 1.54) is 7.11 Å². The van der Waals surface area contributed by atoms with Crippen LogP contribution < -0.4 is 4.74 Å². The Labute approximate surface area is 126 Å². The number of alkyl halides is 4. The molecule has 0 aliphatic rings. The van der Waals surface area contributed by atoms with Gasteiger partial charge in [0.2, 0.25) is 0 Å². The van der Waals surface area contributed by atoms with Gasteiger partial charge in [-0.3, -0.25) is 0 Å². The molecule has 0 heterocycles. The molecule has 7 heteroatoms. The normalized spacial score (nSPS) is 12.8. The Morgan fingerprint density at radius 2 is 1.91 bits per heavy atom. The Hall–Kier alpha value is -1.79. The summed E-state index contributed by atoms with van der Waals surface area (Å²) in [7, 11) is 1.42. The van der Waals surface area contributed by atoms with Gasteiger partial charge in [-0.1, -0.05) is 12.1 Å². The molecule has 0 saturated heterocycles. The van der Waals surface area contributed by atoms with Crippen LogP contribution in [0.5, 0.6) is 5.75 Å². The van der Waals surface area contributed by atoms with E-state index in [2.05, 4.69) is 0 Å². The first-order valence-electron chi connectivity index (χ1n) is 6.84. The fourth-order valence-corrected chi connectivity index (χ4v) is 1.88. The van der Waals surface area contributed by atoms with Gasteiger partial charge in [0.05, 0.1) is 20.1 Å². The first-order chi connectivity index (χ1) is 10.3. The summed E-state index contributed by atoms with van der Waals surface area (Å²) >= 11 is 0. The number of ether oxygens (including phenoxy) is 2. The van der Waals surface area contributed by atoms with Gasteiger partial charge in [-0.15, -0.1) is 0 Å². The number of benzene rings is 1. The number of carbonyl (C=O) groups excluding carboxylic acids is 1. The highest BCUT2D eigenvalue weighted by molar-refractivity contribution is 5.92. The molecule has 0 bridgehead atoms. The minimum Gasteiger partial charge on any atom is -0.496 e. The van der Waals surface area contributed by atoms with E-state index < -0.39 is 24.7 Å². The van der Waals surface area contributed by atoms with Crippen molar-refractivity contribution in [2.75, 3.05) is 13.7 Å². The van der Waals surface area contributed by atoms with Gasteiger partial charge in [0.1, 0.15) is 17.5 Å². The molecular formula is C15H18F4O3. The maximum absolute atomic E-state index is 13.0. The molecule has 1 aromatic carbocycles. The fraction of sp³-hybridized carbons (Fsp3) is 0.533. The lowest BCUT2D eigenvalue weighted by molar-refractivity contribution is -0.146. The molecule has 0 amide bonds. The lowest BCUT2D eigenvalue weighted by Crippen LogP contribution is -2.16. The molecular weight excluding hydrogens is 304 g/mol. The zero-order chi connectivity index (χ0) is 16.6. The zero-order valence-electron chi connectivity index (χ0n) is 12.2. The molecule has 0 spiro atoms. The largest absolute Gasteiger partial charge is 0.496 e. The third-order valence-corrected chi connectivity index (χ3v) is 2.92. The van der Waals surface area contributed by atoms with E-state index in [1.807, 2.05) is 0 Å². The van der Waals surface area contributed by atoms with E-state index in [1.54, 1.807) is 24.3 Å². The zero-order valence-corrected chi connectivity index (χ0v) is 12.2. The van der Waals surface area contributed by atoms with Crippen molar-refractivity contribution < 1.29 is 31.8 Å². The van der Waals surface area contributed by atoms with Gasteiger partial charge >= 0.3 is 12.1 Å². The topological polar surface area (TPSA) is 35.5 Å². The Morgan fingerprint density at radius 3 is 2.55 bits per heavy atom. The molecule has 0 aliphatic heterocycles. The van der Waals surface area contributed by atoms with E-state index in [4.69, 9.17) is 9.47 Å². The van der Waals surface area contributed by atoms with Gasteiger partial charge in [-0.25, -0.2) is 9.18 Å².